The van der Waals surface area contributed by atoms with Gasteiger partial charge < -0.3 is 15.0 Å². The standard InChI is InChI=1S/C23H23N3O2S/c1-26(2)12-11-24-23(27)22-20(15-7-5-4-6-8-15)18-14-25-19-10-9-16(28-3)13-17(19)21(18)29-22/h4-10,13-14H,11-12H2,1-3H3,(H,24,27). The average Bonchev–Trinajstić information content (AvgIpc) is 3.14. The van der Waals surface area contributed by atoms with Crippen LogP contribution in [0.2, 0.25) is 0 Å². The van der Waals surface area contributed by atoms with E-state index in [1.807, 2.05) is 73.7 Å². The lowest BCUT2D eigenvalue weighted by Gasteiger charge is -2.10. The zero-order valence-electron chi connectivity index (χ0n) is 16.7. The van der Waals surface area contributed by atoms with Gasteiger partial charge in [0, 0.05) is 40.3 Å². The Kier molecular flexibility index (Phi) is 5.47. The molecule has 6 heteroatoms. The van der Waals surface area contributed by atoms with Crippen LogP contribution in [0.4, 0.5) is 0 Å². The number of fused-ring (bicyclic) bond motifs is 3. The number of likely N-dealkylation sites (N-methyl/N-ethyl adjacent to an activating group) is 1. The lowest BCUT2D eigenvalue weighted by molar-refractivity contribution is 0.0955. The molecule has 2 aromatic carbocycles. The lowest BCUT2D eigenvalue weighted by Crippen LogP contribution is -2.31. The van der Waals surface area contributed by atoms with Crippen LogP contribution in [-0.4, -0.2) is 50.1 Å². The number of hydrogen-bond acceptors (Lipinski definition) is 5. The molecule has 0 aliphatic carbocycles. The van der Waals surface area contributed by atoms with Gasteiger partial charge in [-0.2, -0.15) is 0 Å². The molecule has 4 rings (SSSR count). The first kappa shape index (κ1) is 19.4. The van der Waals surface area contributed by atoms with E-state index in [2.05, 4.69) is 10.3 Å². The normalized spacial score (nSPS) is 11.3. The summed E-state index contributed by atoms with van der Waals surface area (Å²) in [6, 6.07) is 15.9. The van der Waals surface area contributed by atoms with Crippen molar-refractivity contribution in [2.24, 2.45) is 0 Å². The van der Waals surface area contributed by atoms with Gasteiger partial charge >= 0.3 is 0 Å². The van der Waals surface area contributed by atoms with Crippen LogP contribution in [0.3, 0.4) is 0 Å². The fourth-order valence-corrected chi connectivity index (χ4v) is 4.60. The van der Waals surface area contributed by atoms with Gasteiger partial charge in [-0.15, -0.1) is 11.3 Å². The van der Waals surface area contributed by atoms with Gasteiger partial charge in [0.05, 0.1) is 12.6 Å². The zero-order chi connectivity index (χ0) is 20.4. The van der Waals surface area contributed by atoms with E-state index in [1.54, 1.807) is 7.11 Å². The fourth-order valence-electron chi connectivity index (χ4n) is 3.36. The monoisotopic (exact) mass is 405 g/mol. The first-order chi connectivity index (χ1) is 14.1. The van der Waals surface area contributed by atoms with Gasteiger partial charge in [0.15, 0.2) is 0 Å². The molecule has 1 N–H and O–H groups in total. The number of amides is 1. The Labute approximate surface area is 173 Å². The molecule has 0 aliphatic rings. The maximum Gasteiger partial charge on any atom is 0.262 e. The number of nitrogens with one attached hydrogen (secondary N) is 1. The van der Waals surface area contributed by atoms with E-state index in [1.165, 1.54) is 11.3 Å². The molecule has 29 heavy (non-hydrogen) atoms. The number of benzene rings is 2. The highest BCUT2D eigenvalue weighted by Crippen LogP contribution is 2.42. The third kappa shape index (κ3) is 3.81. The van der Waals surface area contributed by atoms with E-state index in [9.17, 15) is 4.79 Å². The number of aromatic nitrogens is 1. The first-order valence-corrected chi connectivity index (χ1v) is 10.3. The third-order valence-corrected chi connectivity index (χ3v) is 6.08. The molecule has 2 aromatic heterocycles. The molecule has 0 saturated carbocycles. The summed E-state index contributed by atoms with van der Waals surface area (Å²) < 4.78 is 6.46. The van der Waals surface area contributed by atoms with Gasteiger partial charge in [0.25, 0.3) is 5.91 Å². The molecule has 4 aromatic rings. The summed E-state index contributed by atoms with van der Waals surface area (Å²) in [6.07, 6.45) is 1.87. The molecule has 2 heterocycles. The van der Waals surface area contributed by atoms with Crippen LogP contribution in [0.5, 0.6) is 5.75 Å². The number of pyridine rings is 1. The van der Waals surface area contributed by atoms with E-state index in [4.69, 9.17) is 4.74 Å². The lowest BCUT2D eigenvalue weighted by atomic mass is 10.0. The van der Waals surface area contributed by atoms with Crippen LogP contribution in [0, 0.1) is 0 Å². The second kappa shape index (κ2) is 8.19. The van der Waals surface area contributed by atoms with E-state index < -0.39 is 0 Å². The van der Waals surface area contributed by atoms with Crippen LogP contribution in [-0.2, 0) is 0 Å². The number of carbonyl (C=O) groups is 1. The number of thiophene rings is 1. The van der Waals surface area contributed by atoms with Crippen molar-refractivity contribution < 1.29 is 9.53 Å². The molecule has 0 radical (unpaired) electrons. The summed E-state index contributed by atoms with van der Waals surface area (Å²) in [5.41, 5.74) is 2.84. The van der Waals surface area contributed by atoms with Gasteiger partial charge in [-0.1, -0.05) is 30.3 Å². The fraction of sp³-hybridized carbons (Fsp3) is 0.217. The van der Waals surface area contributed by atoms with Gasteiger partial charge in [-0.3, -0.25) is 9.78 Å². The third-order valence-electron chi connectivity index (χ3n) is 4.84. The Balaban J connectivity index is 1.90. The summed E-state index contributed by atoms with van der Waals surface area (Å²) >= 11 is 1.51. The Morgan fingerprint density at radius 3 is 2.66 bits per heavy atom. The highest BCUT2D eigenvalue weighted by atomic mass is 32.1. The van der Waals surface area contributed by atoms with Crippen LogP contribution in [0.25, 0.3) is 32.1 Å². The molecule has 0 unspecified atom stereocenters. The van der Waals surface area contributed by atoms with Crippen molar-refractivity contribution >= 4 is 38.2 Å². The van der Waals surface area contributed by atoms with Gasteiger partial charge in [0.2, 0.25) is 0 Å². The van der Waals surface area contributed by atoms with Gasteiger partial charge in [-0.25, -0.2) is 0 Å². The minimum atomic E-state index is -0.0528. The molecule has 0 bridgehead atoms. The molecule has 0 spiro atoms. The summed E-state index contributed by atoms with van der Waals surface area (Å²) in [7, 11) is 5.64. The van der Waals surface area contributed by atoms with Crippen molar-refractivity contribution in [3.63, 3.8) is 0 Å². The van der Waals surface area contributed by atoms with Crippen LogP contribution >= 0.6 is 11.3 Å². The minimum absolute atomic E-state index is 0.0528. The minimum Gasteiger partial charge on any atom is -0.497 e. The van der Waals surface area contributed by atoms with Crippen molar-refractivity contribution in [3.05, 3.63) is 59.6 Å². The molecule has 5 nitrogen and oxygen atoms in total. The quantitative estimate of drug-likeness (QED) is 0.516. The van der Waals surface area contributed by atoms with E-state index in [0.717, 1.165) is 44.4 Å². The summed E-state index contributed by atoms with van der Waals surface area (Å²) in [4.78, 5) is 20.5. The van der Waals surface area contributed by atoms with E-state index >= 15 is 0 Å². The molecule has 148 valence electrons. The number of hydrogen-bond donors (Lipinski definition) is 1. The van der Waals surface area contributed by atoms with Crippen molar-refractivity contribution in [3.8, 4) is 16.9 Å². The van der Waals surface area contributed by atoms with Crippen molar-refractivity contribution in [1.29, 1.82) is 0 Å². The maximum absolute atomic E-state index is 13.1. The largest absolute Gasteiger partial charge is 0.497 e. The summed E-state index contributed by atoms with van der Waals surface area (Å²) in [5.74, 6) is 0.724. The Hall–Kier alpha value is -2.96. The number of methoxy groups -OCH3 is 1. The first-order valence-electron chi connectivity index (χ1n) is 9.46. The van der Waals surface area contributed by atoms with E-state index in [-0.39, 0.29) is 5.91 Å². The molecular formula is C23H23N3O2S. The molecule has 0 saturated heterocycles. The van der Waals surface area contributed by atoms with E-state index in [0.29, 0.717) is 11.4 Å². The van der Waals surface area contributed by atoms with Crippen molar-refractivity contribution in [2.75, 3.05) is 34.3 Å². The number of ether oxygens (including phenoxy) is 1. The summed E-state index contributed by atoms with van der Waals surface area (Å²) in [5, 5.41) is 5.04. The highest BCUT2D eigenvalue weighted by Gasteiger charge is 2.21. The average molecular weight is 406 g/mol. The SMILES string of the molecule is COc1ccc2ncc3c(-c4ccccc4)c(C(=O)NCCN(C)C)sc3c2c1. The molecule has 0 aliphatic heterocycles. The van der Waals surface area contributed by atoms with Gasteiger partial charge in [-0.05, 0) is 37.9 Å². The van der Waals surface area contributed by atoms with Crippen molar-refractivity contribution in [1.82, 2.24) is 15.2 Å². The second-order valence-corrected chi connectivity index (χ2v) is 8.14. The second-order valence-electron chi connectivity index (χ2n) is 7.12. The van der Waals surface area contributed by atoms with Crippen LogP contribution < -0.4 is 10.1 Å². The Morgan fingerprint density at radius 2 is 1.93 bits per heavy atom. The zero-order valence-corrected chi connectivity index (χ0v) is 17.5. The molecule has 0 atom stereocenters. The predicted molar refractivity (Wildman–Crippen MR) is 120 cm³/mol. The summed E-state index contributed by atoms with van der Waals surface area (Å²) in [6.45, 7) is 1.39. The number of carbonyl (C=O) groups excluding carboxylic acids is 1. The molecular weight excluding hydrogens is 382 g/mol. The molecule has 0 fully saturated rings. The number of rotatable bonds is 6. The van der Waals surface area contributed by atoms with Gasteiger partial charge in [0.1, 0.15) is 10.6 Å². The van der Waals surface area contributed by atoms with Crippen LogP contribution in [0.15, 0.2) is 54.7 Å². The Bertz CT molecular complexity index is 1170. The molecule has 1 amide bonds. The number of nitrogens with zero attached hydrogens (tertiary/aromatic N) is 2. The van der Waals surface area contributed by atoms with Crippen molar-refractivity contribution in [2.45, 2.75) is 0 Å². The van der Waals surface area contributed by atoms with Crippen LogP contribution in [0.1, 0.15) is 9.67 Å². The predicted octanol–water partition coefficient (Wildman–Crippen LogP) is 4.42. The Morgan fingerprint density at radius 1 is 1.14 bits per heavy atom. The smallest absolute Gasteiger partial charge is 0.262 e. The highest BCUT2D eigenvalue weighted by molar-refractivity contribution is 7.22. The topological polar surface area (TPSA) is 54.5 Å². The maximum atomic E-state index is 13.1.